The molecule has 0 aliphatic heterocycles. The van der Waals surface area contributed by atoms with Crippen LogP contribution >= 0.6 is 0 Å². The van der Waals surface area contributed by atoms with Gasteiger partial charge in [-0.15, -0.1) is 0 Å². The standard InChI is InChI=1S/C21H21N5O2/c27-19(17-7-6-15-3-1-4-16(15)11-17)8-9-20(28)24-12-18-5-2-10-23-21(18)26-14-22-13-25-26/h2,5-7,10-11,13-14H,1,3-4,8-9,12H2,(H,24,28). The van der Waals surface area contributed by atoms with Crippen LogP contribution in [0.5, 0.6) is 0 Å². The van der Waals surface area contributed by atoms with Gasteiger partial charge in [-0.1, -0.05) is 18.2 Å². The van der Waals surface area contributed by atoms with Crippen LogP contribution in [-0.2, 0) is 24.2 Å². The first-order valence-electron chi connectivity index (χ1n) is 9.41. The van der Waals surface area contributed by atoms with Gasteiger partial charge in [0, 0.05) is 36.7 Å². The van der Waals surface area contributed by atoms with Crippen LogP contribution in [0.15, 0.2) is 49.2 Å². The number of hydrogen-bond acceptors (Lipinski definition) is 5. The van der Waals surface area contributed by atoms with E-state index in [9.17, 15) is 9.59 Å². The second kappa shape index (κ2) is 8.12. The summed E-state index contributed by atoms with van der Waals surface area (Å²) in [6, 6.07) is 9.59. The summed E-state index contributed by atoms with van der Waals surface area (Å²) < 4.78 is 1.55. The zero-order valence-electron chi connectivity index (χ0n) is 15.5. The molecule has 7 nitrogen and oxygen atoms in total. The lowest BCUT2D eigenvalue weighted by atomic mass is 10.0. The van der Waals surface area contributed by atoms with E-state index in [0.717, 1.165) is 24.8 Å². The molecule has 1 amide bonds. The Morgan fingerprint density at radius 1 is 1.11 bits per heavy atom. The van der Waals surface area contributed by atoms with Crippen molar-refractivity contribution in [3.05, 3.63) is 71.4 Å². The van der Waals surface area contributed by atoms with Gasteiger partial charge in [-0.05, 0) is 42.5 Å². The number of benzene rings is 1. The Bertz CT molecular complexity index is 998. The molecule has 1 aliphatic carbocycles. The highest BCUT2D eigenvalue weighted by molar-refractivity contribution is 5.98. The number of amides is 1. The molecule has 142 valence electrons. The highest BCUT2D eigenvalue weighted by Crippen LogP contribution is 2.23. The molecule has 0 saturated carbocycles. The third-order valence-corrected chi connectivity index (χ3v) is 4.98. The second-order valence-electron chi connectivity index (χ2n) is 6.86. The first-order valence-corrected chi connectivity index (χ1v) is 9.41. The molecular weight excluding hydrogens is 354 g/mol. The number of aryl methyl sites for hydroxylation is 2. The van der Waals surface area contributed by atoms with Gasteiger partial charge < -0.3 is 5.32 Å². The van der Waals surface area contributed by atoms with Gasteiger partial charge in [0.2, 0.25) is 5.91 Å². The summed E-state index contributed by atoms with van der Waals surface area (Å²) in [5, 5.41) is 6.93. The molecule has 1 aromatic carbocycles. The largest absolute Gasteiger partial charge is 0.352 e. The van der Waals surface area contributed by atoms with Crippen molar-refractivity contribution in [2.45, 2.75) is 38.6 Å². The smallest absolute Gasteiger partial charge is 0.220 e. The molecule has 0 bridgehead atoms. The van der Waals surface area contributed by atoms with E-state index in [1.54, 1.807) is 23.3 Å². The van der Waals surface area contributed by atoms with Crippen molar-refractivity contribution in [2.24, 2.45) is 0 Å². The minimum absolute atomic E-state index is 0.00883. The minimum atomic E-state index is -0.164. The Morgan fingerprint density at radius 2 is 2.00 bits per heavy atom. The summed E-state index contributed by atoms with van der Waals surface area (Å²) in [4.78, 5) is 32.9. The number of aromatic nitrogens is 4. The van der Waals surface area contributed by atoms with E-state index in [4.69, 9.17) is 0 Å². The van der Waals surface area contributed by atoms with E-state index in [2.05, 4.69) is 20.4 Å². The number of Topliss-reactive ketones (excluding diaryl/α,β-unsaturated/α-hetero) is 1. The van der Waals surface area contributed by atoms with Gasteiger partial charge in [0.25, 0.3) is 0 Å². The molecule has 28 heavy (non-hydrogen) atoms. The molecule has 0 fully saturated rings. The highest BCUT2D eigenvalue weighted by atomic mass is 16.2. The molecule has 1 aliphatic rings. The zero-order chi connectivity index (χ0) is 19.3. The normalized spacial score (nSPS) is 12.6. The first kappa shape index (κ1) is 18.0. The molecular formula is C21H21N5O2. The lowest BCUT2D eigenvalue weighted by molar-refractivity contribution is -0.121. The number of hydrogen-bond donors (Lipinski definition) is 1. The predicted octanol–water partition coefficient (Wildman–Crippen LogP) is 2.43. The number of carbonyl (C=O) groups is 2. The number of fused-ring (bicyclic) bond motifs is 1. The summed E-state index contributed by atoms with van der Waals surface area (Å²) in [7, 11) is 0. The average molecular weight is 375 g/mol. The maximum absolute atomic E-state index is 12.4. The van der Waals surface area contributed by atoms with Crippen LogP contribution in [-0.4, -0.2) is 31.4 Å². The van der Waals surface area contributed by atoms with Gasteiger partial charge in [-0.25, -0.2) is 14.6 Å². The monoisotopic (exact) mass is 375 g/mol. The molecule has 0 atom stereocenters. The quantitative estimate of drug-likeness (QED) is 0.641. The van der Waals surface area contributed by atoms with E-state index in [1.807, 2.05) is 24.3 Å². The summed E-state index contributed by atoms with van der Waals surface area (Å²) in [6.45, 7) is 0.314. The summed E-state index contributed by atoms with van der Waals surface area (Å²) >= 11 is 0. The predicted molar refractivity (Wildman–Crippen MR) is 103 cm³/mol. The maximum Gasteiger partial charge on any atom is 0.220 e. The number of rotatable bonds is 7. The van der Waals surface area contributed by atoms with Gasteiger partial charge in [0.15, 0.2) is 11.6 Å². The summed E-state index contributed by atoms with van der Waals surface area (Å²) in [5.74, 6) is 0.465. The van der Waals surface area contributed by atoms with E-state index < -0.39 is 0 Å². The molecule has 3 aromatic rings. The van der Waals surface area contributed by atoms with Gasteiger partial charge in [0.05, 0.1) is 0 Å². The number of nitrogens with zero attached hydrogens (tertiary/aromatic N) is 4. The topological polar surface area (TPSA) is 89.8 Å². The maximum atomic E-state index is 12.4. The second-order valence-corrected chi connectivity index (χ2v) is 6.86. The summed E-state index contributed by atoms with van der Waals surface area (Å²) in [6.07, 6.45) is 8.30. The van der Waals surface area contributed by atoms with E-state index in [0.29, 0.717) is 17.9 Å². The van der Waals surface area contributed by atoms with Crippen molar-refractivity contribution >= 4 is 11.7 Å². The Labute approximate surface area is 162 Å². The van der Waals surface area contributed by atoms with Crippen LogP contribution in [0.3, 0.4) is 0 Å². The lowest BCUT2D eigenvalue weighted by Crippen LogP contribution is -2.24. The van der Waals surface area contributed by atoms with Crippen molar-refractivity contribution in [1.82, 2.24) is 25.1 Å². The van der Waals surface area contributed by atoms with Crippen molar-refractivity contribution in [3.8, 4) is 5.82 Å². The number of ketones is 1. The fourth-order valence-corrected chi connectivity index (χ4v) is 3.49. The molecule has 4 rings (SSSR count). The third kappa shape index (κ3) is 3.98. The van der Waals surface area contributed by atoms with E-state index >= 15 is 0 Å². The van der Waals surface area contributed by atoms with Crippen LogP contribution in [0, 0.1) is 0 Å². The molecule has 0 radical (unpaired) electrons. The Morgan fingerprint density at radius 3 is 2.86 bits per heavy atom. The average Bonchev–Trinajstić information content (AvgIpc) is 3.41. The van der Waals surface area contributed by atoms with Crippen LogP contribution in [0.25, 0.3) is 5.82 Å². The minimum Gasteiger partial charge on any atom is -0.352 e. The van der Waals surface area contributed by atoms with Crippen molar-refractivity contribution < 1.29 is 9.59 Å². The van der Waals surface area contributed by atoms with E-state index in [1.165, 1.54) is 17.5 Å². The Hall–Kier alpha value is -3.35. The van der Waals surface area contributed by atoms with Gasteiger partial charge >= 0.3 is 0 Å². The molecule has 0 saturated heterocycles. The fraction of sp³-hybridized carbons (Fsp3) is 0.286. The van der Waals surface area contributed by atoms with Crippen LogP contribution in [0.4, 0.5) is 0 Å². The molecule has 0 unspecified atom stereocenters. The SMILES string of the molecule is O=C(CCC(=O)c1ccc2c(c1)CCC2)NCc1cccnc1-n1cncn1. The fourth-order valence-electron chi connectivity index (χ4n) is 3.49. The molecule has 2 heterocycles. The van der Waals surface area contributed by atoms with Crippen molar-refractivity contribution in [1.29, 1.82) is 0 Å². The molecule has 1 N–H and O–H groups in total. The Kier molecular flexibility index (Phi) is 5.23. The zero-order valence-corrected chi connectivity index (χ0v) is 15.5. The van der Waals surface area contributed by atoms with Gasteiger partial charge in [-0.2, -0.15) is 5.10 Å². The van der Waals surface area contributed by atoms with Crippen LogP contribution < -0.4 is 5.32 Å². The van der Waals surface area contributed by atoms with Crippen molar-refractivity contribution in [2.75, 3.05) is 0 Å². The number of carbonyl (C=O) groups excluding carboxylic acids is 2. The first-order chi connectivity index (χ1) is 13.7. The van der Waals surface area contributed by atoms with Gasteiger partial charge in [-0.3, -0.25) is 9.59 Å². The van der Waals surface area contributed by atoms with Crippen LogP contribution in [0.2, 0.25) is 0 Å². The molecule has 7 heteroatoms. The Balaban J connectivity index is 1.31. The molecule has 2 aromatic heterocycles. The lowest BCUT2D eigenvalue weighted by Gasteiger charge is -2.09. The van der Waals surface area contributed by atoms with Crippen molar-refractivity contribution in [3.63, 3.8) is 0 Å². The highest BCUT2D eigenvalue weighted by Gasteiger charge is 2.15. The van der Waals surface area contributed by atoms with E-state index in [-0.39, 0.29) is 24.5 Å². The van der Waals surface area contributed by atoms with Crippen LogP contribution in [0.1, 0.15) is 46.3 Å². The molecule has 0 spiro atoms. The summed E-state index contributed by atoms with van der Waals surface area (Å²) in [5.41, 5.74) is 4.14. The number of pyridine rings is 1. The number of nitrogens with one attached hydrogen (secondary N) is 1. The third-order valence-electron chi connectivity index (χ3n) is 4.98. The van der Waals surface area contributed by atoms with Gasteiger partial charge in [0.1, 0.15) is 12.7 Å².